The van der Waals surface area contributed by atoms with E-state index in [-0.39, 0.29) is 30.3 Å². The molecule has 1 aliphatic heterocycles. The van der Waals surface area contributed by atoms with Crippen LogP contribution in [0.3, 0.4) is 0 Å². The fraction of sp³-hybridized carbons (Fsp3) is 0.391. The number of amides is 2. The second kappa shape index (κ2) is 8.17. The van der Waals surface area contributed by atoms with E-state index in [0.29, 0.717) is 18.3 Å². The van der Waals surface area contributed by atoms with E-state index in [9.17, 15) is 9.59 Å². The van der Waals surface area contributed by atoms with E-state index >= 15 is 0 Å². The quantitative estimate of drug-likeness (QED) is 0.780. The SMILES string of the molecule is CC1CC(=O)Nc2ccccc2N1C(=O)CN(C1CC1)C(C)c1ccccc1Cl. The van der Waals surface area contributed by atoms with Crippen LogP contribution < -0.4 is 10.2 Å². The number of anilines is 2. The first-order chi connectivity index (χ1) is 14.0. The molecule has 2 amide bonds. The molecule has 2 aromatic rings. The van der Waals surface area contributed by atoms with Crippen LogP contribution in [0.1, 0.15) is 44.7 Å². The van der Waals surface area contributed by atoms with Crippen LogP contribution >= 0.6 is 11.6 Å². The molecule has 1 fully saturated rings. The van der Waals surface area contributed by atoms with Gasteiger partial charge in [0.2, 0.25) is 11.8 Å². The average molecular weight is 412 g/mol. The van der Waals surface area contributed by atoms with Gasteiger partial charge in [0.05, 0.1) is 17.9 Å². The zero-order chi connectivity index (χ0) is 20.5. The Morgan fingerprint density at radius 1 is 1.21 bits per heavy atom. The molecule has 6 heteroatoms. The van der Waals surface area contributed by atoms with Crippen molar-refractivity contribution >= 4 is 34.8 Å². The van der Waals surface area contributed by atoms with E-state index in [2.05, 4.69) is 17.1 Å². The fourth-order valence-electron chi connectivity index (χ4n) is 4.18. The van der Waals surface area contributed by atoms with Gasteiger partial charge in [-0.05, 0) is 50.5 Å². The lowest BCUT2D eigenvalue weighted by Gasteiger charge is -2.34. The lowest BCUT2D eigenvalue weighted by molar-refractivity contribution is -0.121. The summed E-state index contributed by atoms with van der Waals surface area (Å²) in [6.45, 7) is 4.33. The number of nitrogens with one attached hydrogen (secondary N) is 1. The van der Waals surface area contributed by atoms with E-state index in [1.54, 1.807) is 4.90 Å². The van der Waals surface area contributed by atoms with Crippen LogP contribution in [0.25, 0.3) is 0 Å². The van der Waals surface area contributed by atoms with Crippen molar-refractivity contribution in [2.75, 3.05) is 16.8 Å². The maximum absolute atomic E-state index is 13.5. The van der Waals surface area contributed by atoms with Crippen molar-refractivity contribution in [1.82, 2.24) is 4.90 Å². The van der Waals surface area contributed by atoms with Crippen molar-refractivity contribution in [1.29, 1.82) is 0 Å². The lowest BCUT2D eigenvalue weighted by atomic mass is 10.1. The Balaban J connectivity index is 1.61. The van der Waals surface area contributed by atoms with Gasteiger partial charge in [-0.3, -0.25) is 14.5 Å². The van der Waals surface area contributed by atoms with Crippen molar-refractivity contribution in [3.8, 4) is 0 Å². The Morgan fingerprint density at radius 2 is 1.90 bits per heavy atom. The summed E-state index contributed by atoms with van der Waals surface area (Å²) >= 11 is 6.43. The van der Waals surface area contributed by atoms with Gasteiger partial charge in [-0.25, -0.2) is 0 Å². The smallest absolute Gasteiger partial charge is 0.241 e. The molecule has 1 saturated carbocycles. The number of halogens is 1. The van der Waals surface area contributed by atoms with E-state index < -0.39 is 0 Å². The molecule has 0 bridgehead atoms. The molecule has 1 aliphatic carbocycles. The highest BCUT2D eigenvalue weighted by molar-refractivity contribution is 6.31. The minimum Gasteiger partial charge on any atom is -0.324 e. The first kappa shape index (κ1) is 19.9. The molecule has 0 spiro atoms. The topological polar surface area (TPSA) is 52.7 Å². The molecular formula is C23H26ClN3O2. The molecular weight excluding hydrogens is 386 g/mol. The first-order valence-corrected chi connectivity index (χ1v) is 10.5. The van der Waals surface area contributed by atoms with Gasteiger partial charge in [0.25, 0.3) is 0 Å². The van der Waals surface area contributed by atoms with E-state index in [1.807, 2.05) is 55.5 Å². The second-order valence-electron chi connectivity index (χ2n) is 7.98. The number of fused-ring (bicyclic) bond motifs is 1. The van der Waals surface area contributed by atoms with Gasteiger partial charge >= 0.3 is 0 Å². The van der Waals surface area contributed by atoms with E-state index in [4.69, 9.17) is 11.6 Å². The number of carbonyl (C=O) groups is 2. The third kappa shape index (κ3) is 4.16. The minimum atomic E-state index is -0.206. The molecule has 29 heavy (non-hydrogen) atoms. The molecule has 5 nitrogen and oxygen atoms in total. The van der Waals surface area contributed by atoms with Crippen molar-refractivity contribution in [2.24, 2.45) is 0 Å². The summed E-state index contributed by atoms with van der Waals surface area (Å²) in [5.74, 6) is -0.0593. The highest BCUT2D eigenvalue weighted by Crippen LogP contribution is 2.37. The molecule has 2 aromatic carbocycles. The lowest BCUT2D eigenvalue weighted by Crippen LogP contribution is -2.46. The average Bonchev–Trinajstić information content (AvgIpc) is 3.52. The van der Waals surface area contributed by atoms with Crippen molar-refractivity contribution in [3.63, 3.8) is 0 Å². The summed E-state index contributed by atoms with van der Waals surface area (Å²) in [6, 6.07) is 15.6. The van der Waals surface area contributed by atoms with Crippen molar-refractivity contribution in [2.45, 2.75) is 51.2 Å². The number of hydrogen-bond acceptors (Lipinski definition) is 3. The maximum atomic E-state index is 13.5. The number of rotatable bonds is 5. The van der Waals surface area contributed by atoms with Crippen LogP contribution in [0.15, 0.2) is 48.5 Å². The fourth-order valence-corrected chi connectivity index (χ4v) is 4.47. The maximum Gasteiger partial charge on any atom is 0.241 e. The summed E-state index contributed by atoms with van der Waals surface area (Å²) in [5.41, 5.74) is 2.49. The highest BCUT2D eigenvalue weighted by atomic mass is 35.5. The third-order valence-electron chi connectivity index (χ3n) is 5.81. The van der Waals surface area contributed by atoms with Crippen LogP contribution in [0.5, 0.6) is 0 Å². The Morgan fingerprint density at radius 3 is 2.62 bits per heavy atom. The normalized spacial score (nSPS) is 20.1. The van der Waals surface area contributed by atoms with Gasteiger partial charge in [0.15, 0.2) is 0 Å². The van der Waals surface area contributed by atoms with Gasteiger partial charge in [-0.1, -0.05) is 41.9 Å². The van der Waals surface area contributed by atoms with Crippen molar-refractivity contribution < 1.29 is 9.59 Å². The molecule has 152 valence electrons. The summed E-state index contributed by atoms with van der Waals surface area (Å²) in [4.78, 5) is 29.8. The van der Waals surface area contributed by atoms with Gasteiger partial charge < -0.3 is 10.2 Å². The number of hydrogen-bond donors (Lipinski definition) is 1. The molecule has 1 heterocycles. The molecule has 2 atom stereocenters. The van der Waals surface area contributed by atoms with Crippen LogP contribution in [0.4, 0.5) is 11.4 Å². The second-order valence-corrected chi connectivity index (χ2v) is 8.39. The first-order valence-electron chi connectivity index (χ1n) is 10.2. The number of para-hydroxylation sites is 2. The van der Waals surface area contributed by atoms with E-state index in [1.165, 1.54) is 0 Å². The molecule has 0 saturated heterocycles. The monoisotopic (exact) mass is 411 g/mol. The zero-order valence-electron chi connectivity index (χ0n) is 16.8. The van der Waals surface area contributed by atoms with Gasteiger partial charge in [-0.2, -0.15) is 0 Å². The molecule has 0 aromatic heterocycles. The standard InChI is InChI=1S/C23H26ClN3O2/c1-15-13-22(28)25-20-9-5-6-10-21(20)27(15)23(29)14-26(17-11-12-17)16(2)18-7-3-4-8-19(18)24/h3-10,15-17H,11-14H2,1-2H3,(H,25,28). The molecule has 2 aliphatic rings. The molecule has 4 rings (SSSR count). The van der Waals surface area contributed by atoms with Gasteiger partial charge in [0.1, 0.15) is 0 Å². The number of nitrogens with zero attached hydrogens (tertiary/aromatic N) is 2. The third-order valence-corrected chi connectivity index (χ3v) is 6.16. The molecule has 0 radical (unpaired) electrons. The Kier molecular flexibility index (Phi) is 5.61. The van der Waals surface area contributed by atoms with Gasteiger partial charge in [-0.15, -0.1) is 0 Å². The summed E-state index contributed by atoms with van der Waals surface area (Å²) < 4.78 is 0. The predicted molar refractivity (Wildman–Crippen MR) is 116 cm³/mol. The minimum absolute atomic E-state index is 0.00672. The Bertz CT molecular complexity index is 928. The largest absolute Gasteiger partial charge is 0.324 e. The molecule has 2 unspecified atom stereocenters. The Hall–Kier alpha value is -2.37. The van der Waals surface area contributed by atoms with Crippen LogP contribution in [-0.2, 0) is 9.59 Å². The van der Waals surface area contributed by atoms with Crippen LogP contribution in [0.2, 0.25) is 5.02 Å². The predicted octanol–water partition coefficient (Wildman–Crippen LogP) is 4.63. The van der Waals surface area contributed by atoms with Crippen LogP contribution in [0, 0.1) is 0 Å². The van der Waals surface area contributed by atoms with Crippen LogP contribution in [-0.4, -0.2) is 35.3 Å². The highest BCUT2D eigenvalue weighted by Gasteiger charge is 2.37. The molecule has 1 N–H and O–H groups in total. The van der Waals surface area contributed by atoms with Crippen molar-refractivity contribution in [3.05, 3.63) is 59.1 Å². The number of benzene rings is 2. The van der Waals surface area contributed by atoms with Gasteiger partial charge in [0, 0.05) is 29.6 Å². The summed E-state index contributed by atoms with van der Waals surface area (Å²) in [6.07, 6.45) is 2.46. The summed E-state index contributed by atoms with van der Waals surface area (Å²) in [7, 11) is 0. The number of carbonyl (C=O) groups excluding carboxylic acids is 2. The van der Waals surface area contributed by atoms with E-state index in [0.717, 1.165) is 29.1 Å². The Labute approximate surface area is 176 Å². The summed E-state index contributed by atoms with van der Waals surface area (Å²) in [5, 5.41) is 3.64. The zero-order valence-corrected chi connectivity index (χ0v) is 17.5.